The van der Waals surface area contributed by atoms with Crippen LogP contribution in [-0.4, -0.2) is 50.3 Å². The molecule has 6 heteroatoms. The van der Waals surface area contributed by atoms with Crippen LogP contribution in [0.3, 0.4) is 0 Å². The predicted molar refractivity (Wildman–Crippen MR) is 118 cm³/mol. The third kappa shape index (κ3) is 5.05. The van der Waals surface area contributed by atoms with E-state index in [1.165, 1.54) is 0 Å². The van der Waals surface area contributed by atoms with Gasteiger partial charge < -0.3 is 4.90 Å². The molecule has 0 saturated carbocycles. The van der Waals surface area contributed by atoms with Gasteiger partial charge in [-0.05, 0) is 50.4 Å². The molecule has 3 aromatic rings. The van der Waals surface area contributed by atoms with Gasteiger partial charge in [-0.3, -0.25) is 24.7 Å². The second kappa shape index (κ2) is 9.39. The van der Waals surface area contributed by atoms with Gasteiger partial charge in [0.1, 0.15) is 5.78 Å². The van der Waals surface area contributed by atoms with Crippen LogP contribution in [0.5, 0.6) is 0 Å². The van der Waals surface area contributed by atoms with E-state index in [0.29, 0.717) is 18.1 Å². The molecule has 6 nitrogen and oxygen atoms in total. The highest BCUT2D eigenvalue weighted by Crippen LogP contribution is 2.23. The maximum absolute atomic E-state index is 13.0. The van der Waals surface area contributed by atoms with Crippen molar-refractivity contribution in [2.45, 2.75) is 39.5 Å². The molecule has 1 atom stereocenters. The molecule has 30 heavy (non-hydrogen) atoms. The lowest BCUT2D eigenvalue weighted by atomic mass is 9.93. The lowest BCUT2D eigenvalue weighted by Gasteiger charge is -2.22. The molecular weight excluding hydrogens is 374 g/mol. The van der Waals surface area contributed by atoms with Gasteiger partial charge in [0.25, 0.3) is 0 Å². The number of carbonyl (C=O) groups is 1. The molecule has 0 aromatic carbocycles. The Morgan fingerprint density at radius 1 is 1.07 bits per heavy atom. The Balaban J connectivity index is 1.46. The van der Waals surface area contributed by atoms with Crippen LogP contribution in [0.4, 0.5) is 0 Å². The molecule has 0 N–H and O–H groups in total. The van der Waals surface area contributed by atoms with Gasteiger partial charge in [-0.15, -0.1) is 0 Å². The fraction of sp³-hybridized carbons (Fsp3) is 0.458. The highest BCUT2D eigenvalue weighted by molar-refractivity contribution is 5.86. The Morgan fingerprint density at radius 3 is 2.77 bits per heavy atom. The van der Waals surface area contributed by atoms with Gasteiger partial charge in [0.2, 0.25) is 0 Å². The van der Waals surface area contributed by atoms with Crippen molar-refractivity contribution >= 4 is 16.7 Å². The van der Waals surface area contributed by atoms with E-state index in [-0.39, 0.29) is 5.92 Å². The molecule has 0 spiro atoms. The Bertz CT molecular complexity index is 1000. The number of hydrogen-bond donors (Lipinski definition) is 0. The number of ketones is 1. The average Bonchev–Trinajstić information content (AvgIpc) is 2.99. The molecule has 1 saturated heterocycles. The fourth-order valence-corrected chi connectivity index (χ4v) is 4.26. The number of likely N-dealkylation sites (tertiary alicyclic amines) is 1. The average molecular weight is 404 g/mol. The lowest BCUT2D eigenvalue weighted by Crippen LogP contribution is -2.29. The molecule has 0 radical (unpaired) electrons. The number of fused-ring (bicyclic) bond motifs is 1. The number of pyridine rings is 2. The van der Waals surface area contributed by atoms with Crippen LogP contribution in [0.1, 0.15) is 38.8 Å². The number of Topliss-reactive ketones (excluding diaryl/α,β-unsaturated/α-hetero) is 1. The SMILES string of the molecule is CC(C)CN1CCCC(C(=O)Cc2cc3cc(-c4cnccn4)cnc3cn2)CC1. The number of hydrogen-bond acceptors (Lipinski definition) is 6. The Labute approximate surface area is 177 Å². The zero-order valence-corrected chi connectivity index (χ0v) is 17.8. The summed E-state index contributed by atoms with van der Waals surface area (Å²) in [5, 5.41) is 0.972. The maximum atomic E-state index is 13.0. The number of rotatable bonds is 6. The van der Waals surface area contributed by atoms with Gasteiger partial charge in [0, 0.05) is 54.1 Å². The van der Waals surface area contributed by atoms with Gasteiger partial charge in [0.05, 0.1) is 23.6 Å². The van der Waals surface area contributed by atoms with Crippen molar-refractivity contribution in [3.8, 4) is 11.3 Å². The van der Waals surface area contributed by atoms with Crippen LogP contribution in [0.15, 0.2) is 43.1 Å². The quantitative estimate of drug-likeness (QED) is 0.620. The van der Waals surface area contributed by atoms with Crippen LogP contribution in [0.25, 0.3) is 22.2 Å². The highest BCUT2D eigenvalue weighted by Gasteiger charge is 2.23. The molecule has 3 aromatic heterocycles. The van der Waals surface area contributed by atoms with Gasteiger partial charge >= 0.3 is 0 Å². The van der Waals surface area contributed by atoms with E-state index in [9.17, 15) is 4.79 Å². The Hall–Kier alpha value is -2.73. The van der Waals surface area contributed by atoms with Gasteiger partial charge in [0.15, 0.2) is 0 Å². The lowest BCUT2D eigenvalue weighted by molar-refractivity contribution is -0.122. The zero-order valence-electron chi connectivity index (χ0n) is 17.8. The second-order valence-electron chi connectivity index (χ2n) is 8.65. The zero-order chi connectivity index (χ0) is 20.9. The topological polar surface area (TPSA) is 71.9 Å². The molecule has 0 aliphatic carbocycles. The molecule has 156 valence electrons. The number of nitrogens with zero attached hydrogens (tertiary/aromatic N) is 5. The molecule has 4 heterocycles. The van der Waals surface area contributed by atoms with Crippen molar-refractivity contribution in [1.29, 1.82) is 0 Å². The second-order valence-corrected chi connectivity index (χ2v) is 8.65. The number of aromatic nitrogens is 4. The summed E-state index contributed by atoms with van der Waals surface area (Å²) in [5.41, 5.74) is 3.32. The smallest absolute Gasteiger partial charge is 0.141 e. The van der Waals surface area contributed by atoms with Gasteiger partial charge in [-0.25, -0.2) is 0 Å². The van der Waals surface area contributed by atoms with Crippen molar-refractivity contribution in [1.82, 2.24) is 24.8 Å². The van der Waals surface area contributed by atoms with Crippen molar-refractivity contribution in [3.63, 3.8) is 0 Å². The molecule has 1 unspecified atom stereocenters. The fourth-order valence-electron chi connectivity index (χ4n) is 4.26. The first kappa shape index (κ1) is 20.5. The van der Waals surface area contributed by atoms with Crippen molar-refractivity contribution in [3.05, 3.63) is 48.8 Å². The summed E-state index contributed by atoms with van der Waals surface area (Å²) in [7, 11) is 0. The predicted octanol–water partition coefficient (Wildman–Crippen LogP) is 3.96. The summed E-state index contributed by atoms with van der Waals surface area (Å²) >= 11 is 0. The first-order chi connectivity index (χ1) is 14.6. The first-order valence-electron chi connectivity index (χ1n) is 10.8. The summed E-state index contributed by atoms with van der Waals surface area (Å²) in [6.07, 6.45) is 12.0. The third-order valence-corrected chi connectivity index (χ3v) is 5.74. The summed E-state index contributed by atoms with van der Waals surface area (Å²) in [5.74, 6) is 1.12. The van der Waals surface area contributed by atoms with E-state index in [1.807, 2.05) is 12.1 Å². The van der Waals surface area contributed by atoms with E-state index in [2.05, 4.69) is 38.7 Å². The molecular formula is C24H29N5O. The van der Waals surface area contributed by atoms with Crippen LogP contribution in [0, 0.1) is 11.8 Å². The number of carbonyl (C=O) groups excluding carboxylic acids is 1. The highest BCUT2D eigenvalue weighted by atomic mass is 16.1. The van der Waals surface area contributed by atoms with E-state index in [1.54, 1.807) is 31.0 Å². The van der Waals surface area contributed by atoms with E-state index >= 15 is 0 Å². The summed E-state index contributed by atoms with van der Waals surface area (Å²) < 4.78 is 0. The Morgan fingerprint density at radius 2 is 1.97 bits per heavy atom. The van der Waals surface area contributed by atoms with E-state index in [0.717, 1.165) is 66.8 Å². The molecule has 4 rings (SSSR count). The monoisotopic (exact) mass is 403 g/mol. The van der Waals surface area contributed by atoms with Gasteiger partial charge in [-0.1, -0.05) is 13.8 Å². The van der Waals surface area contributed by atoms with Crippen LogP contribution >= 0.6 is 0 Å². The molecule has 1 fully saturated rings. The minimum absolute atomic E-state index is 0.142. The minimum atomic E-state index is 0.142. The van der Waals surface area contributed by atoms with Gasteiger partial charge in [-0.2, -0.15) is 0 Å². The van der Waals surface area contributed by atoms with Crippen LogP contribution in [-0.2, 0) is 11.2 Å². The standard InChI is InChI=1S/C24H29N5O/c1-17(2)16-29-8-3-4-18(5-9-29)24(30)12-21-11-19-10-20(13-28-23(19)15-27-21)22-14-25-6-7-26-22/h6-7,10-11,13-15,17-18H,3-5,8-9,12,16H2,1-2H3. The van der Waals surface area contributed by atoms with Crippen molar-refractivity contribution in [2.75, 3.05) is 19.6 Å². The molecule has 1 aliphatic heterocycles. The summed E-state index contributed by atoms with van der Waals surface area (Å²) in [6, 6.07) is 4.03. The summed E-state index contributed by atoms with van der Waals surface area (Å²) in [4.78, 5) is 33.0. The normalized spacial score (nSPS) is 17.9. The largest absolute Gasteiger partial charge is 0.303 e. The first-order valence-corrected chi connectivity index (χ1v) is 10.8. The van der Waals surface area contributed by atoms with E-state index < -0.39 is 0 Å². The Kier molecular flexibility index (Phi) is 6.43. The van der Waals surface area contributed by atoms with Crippen molar-refractivity contribution in [2.24, 2.45) is 11.8 Å². The van der Waals surface area contributed by atoms with Crippen LogP contribution in [0.2, 0.25) is 0 Å². The maximum Gasteiger partial charge on any atom is 0.141 e. The minimum Gasteiger partial charge on any atom is -0.303 e. The van der Waals surface area contributed by atoms with Crippen LogP contribution < -0.4 is 0 Å². The van der Waals surface area contributed by atoms with Crippen molar-refractivity contribution < 1.29 is 4.79 Å². The molecule has 0 bridgehead atoms. The van der Waals surface area contributed by atoms with E-state index in [4.69, 9.17) is 0 Å². The molecule has 1 aliphatic rings. The third-order valence-electron chi connectivity index (χ3n) is 5.74. The summed E-state index contributed by atoms with van der Waals surface area (Å²) in [6.45, 7) is 7.75. The molecule has 0 amide bonds.